The van der Waals surface area contributed by atoms with Gasteiger partial charge in [0.15, 0.2) is 0 Å². The molecule has 4 aliphatic carbocycles. The first-order valence-electron chi connectivity index (χ1n) is 17.8. The molecule has 51 heavy (non-hydrogen) atoms. The molecule has 1 saturated heterocycles. The van der Waals surface area contributed by atoms with E-state index >= 15 is 0 Å². The number of likely N-dealkylation sites (tertiary alicyclic amines) is 1. The summed E-state index contributed by atoms with van der Waals surface area (Å²) in [6, 6.07) is 2.06. The van der Waals surface area contributed by atoms with Crippen LogP contribution in [0.15, 0.2) is 30.3 Å². The van der Waals surface area contributed by atoms with Crippen LogP contribution in [0.5, 0.6) is 0 Å². The summed E-state index contributed by atoms with van der Waals surface area (Å²) in [5.41, 5.74) is 2.97. The zero-order chi connectivity index (χ0) is 36.9. The number of carbonyl (C=O) groups is 6. The Morgan fingerprint density at radius 3 is 2.18 bits per heavy atom. The number of amides is 5. The number of hydrogen-bond donors (Lipinski definition) is 4. The monoisotopic (exact) mass is 717 g/mol. The maximum absolute atomic E-state index is 14.7. The molecular weight excluding hydrogens is 671 g/mol. The number of rotatable bonds is 14. The number of ketones is 1. The molecule has 1 heterocycles. The Hall–Kier alpha value is -4.17. The van der Waals surface area contributed by atoms with Crippen molar-refractivity contribution in [3.05, 3.63) is 35.9 Å². The van der Waals surface area contributed by atoms with Gasteiger partial charge in [0.2, 0.25) is 17.6 Å². The summed E-state index contributed by atoms with van der Waals surface area (Å²) < 4.78 is 49.6. The van der Waals surface area contributed by atoms with Gasteiger partial charge in [-0.15, -0.1) is 0 Å². The number of halogens is 3. The number of piperidine rings is 1. The first-order valence-corrected chi connectivity index (χ1v) is 17.8. The smallest absolute Gasteiger partial charge is 0.396 e. The highest BCUT2D eigenvalue weighted by Crippen LogP contribution is 2.66. The van der Waals surface area contributed by atoms with Gasteiger partial charge < -0.3 is 31.3 Å². The third kappa shape index (κ3) is 7.43. The Labute approximate surface area is 294 Å². The van der Waals surface area contributed by atoms with Gasteiger partial charge in [0, 0.05) is 6.54 Å². The second-order valence-corrected chi connectivity index (χ2v) is 15.7. The van der Waals surface area contributed by atoms with Gasteiger partial charge in [-0.2, -0.15) is 13.2 Å². The van der Waals surface area contributed by atoms with E-state index in [1.807, 2.05) is 13.8 Å². The molecule has 1 aliphatic heterocycles. The maximum Gasteiger partial charge on any atom is 0.396 e. The third-order valence-electron chi connectivity index (χ3n) is 12.0. The number of primary amides is 1. The molecule has 6 atom stereocenters. The summed E-state index contributed by atoms with van der Waals surface area (Å²) in [5, 5.41) is 7.42. The van der Waals surface area contributed by atoms with E-state index < -0.39 is 95.4 Å². The van der Waals surface area contributed by atoms with Crippen molar-refractivity contribution in [2.45, 2.75) is 109 Å². The Morgan fingerprint density at radius 1 is 0.961 bits per heavy atom. The Morgan fingerprint density at radius 2 is 1.61 bits per heavy atom. The summed E-state index contributed by atoms with van der Waals surface area (Å²) >= 11 is 0. The Bertz CT molecular complexity index is 1560. The van der Waals surface area contributed by atoms with E-state index in [9.17, 15) is 41.9 Å². The van der Waals surface area contributed by atoms with E-state index in [4.69, 9.17) is 10.5 Å². The van der Waals surface area contributed by atoms with Crippen LogP contribution in [-0.4, -0.2) is 77.3 Å². The summed E-state index contributed by atoms with van der Waals surface area (Å²) in [7, 11) is 0. The summed E-state index contributed by atoms with van der Waals surface area (Å²) in [4.78, 5) is 80.6. The number of nitrogens with two attached hydrogens (primary N) is 1. The van der Waals surface area contributed by atoms with Gasteiger partial charge >= 0.3 is 18.2 Å². The van der Waals surface area contributed by atoms with Crippen LogP contribution < -0.4 is 21.7 Å². The zero-order valence-corrected chi connectivity index (χ0v) is 28.8. The third-order valence-corrected chi connectivity index (χ3v) is 12.0. The van der Waals surface area contributed by atoms with Crippen LogP contribution in [0.4, 0.5) is 18.0 Å². The lowest BCUT2D eigenvalue weighted by Gasteiger charge is -2.37. The molecular formula is C36H46F3N5O7. The average molecular weight is 718 g/mol. The molecule has 1 aromatic rings. The van der Waals surface area contributed by atoms with Crippen LogP contribution >= 0.6 is 0 Å². The number of urea groups is 1. The van der Waals surface area contributed by atoms with Gasteiger partial charge in [0.25, 0.3) is 5.91 Å². The molecule has 278 valence electrons. The minimum absolute atomic E-state index is 0.0319. The number of Topliss-reactive ketones (excluding diaryl/α,β-unsaturated/α-hetero) is 1. The number of fused-ring (bicyclic) bond motifs is 1. The number of nitrogens with one attached hydrogen (secondary N) is 3. The lowest BCUT2D eigenvalue weighted by Crippen LogP contribution is -2.63. The summed E-state index contributed by atoms with van der Waals surface area (Å²) in [6.45, 7) is 3.69. The van der Waals surface area contributed by atoms with Crippen LogP contribution in [0, 0.1) is 34.5 Å². The molecule has 0 spiro atoms. The van der Waals surface area contributed by atoms with Crippen molar-refractivity contribution in [2.24, 2.45) is 40.2 Å². The molecule has 5 amide bonds. The molecule has 0 aromatic heterocycles. The predicted octanol–water partition coefficient (Wildman–Crippen LogP) is 3.12. The second-order valence-electron chi connectivity index (χ2n) is 15.7. The summed E-state index contributed by atoms with van der Waals surface area (Å²) in [6.07, 6.45) is -1.09. The molecule has 5 fully saturated rings. The van der Waals surface area contributed by atoms with Crippen LogP contribution in [-0.2, 0) is 35.3 Å². The van der Waals surface area contributed by atoms with Crippen molar-refractivity contribution in [3.8, 4) is 0 Å². The fourth-order valence-corrected chi connectivity index (χ4v) is 8.43. The van der Waals surface area contributed by atoms with Crippen molar-refractivity contribution >= 4 is 35.5 Å². The van der Waals surface area contributed by atoms with Gasteiger partial charge in [-0.25, -0.2) is 9.59 Å². The Kier molecular flexibility index (Phi) is 9.88. The van der Waals surface area contributed by atoms with E-state index in [1.54, 1.807) is 30.3 Å². The number of esters is 1. The number of benzene rings is 1. The van der Waals surface area contributed by atoms with Crippen molar-refractivity contribution in [2.75, 3.05) is 6.54 Å². The lowest BCUT2D eigenvalue weighted by molar-refractivity contribution is -0.199. The molecule has 15 heteroatoms. The molecule has 4 saturated carbocycles. The van der Waals surface area contributed by atoms with E-state index in [2.05, 4.69) is 16.0 Å². The Balaban J connectivity index is 1.22. The molecule has 12 nitrogen and oxygen atoms in total. The van der Waals surface area contributed by atoms with Crippen molar-refractivity contribution in [3.63, 3.8) is 0 Å². The molecule has 0 bridgehead atoms. The first-order chi connectivity index (χ1) is 24.0. The average Bonchev–Trinajstić information content (AvgIpc) is 4.03. The zero-order valence-electron chi connectivity index (χ0n) is 28.8. The fourth-order valence-electron chi connectivity index (χ4n) is 8.43. The van der Waals surface area contributed by atoms with Gasteiger partial charge in [-0.1, -0.05) is 69.9 Å². The minimum Gasteiger partial charge on any atom is -0.459 e. The number of ether oxygens (including phenoxy) is 1. The standard InChI is InChI=1S/C36H46F3N5O7/c1-34(2)22-17-44(26(24(22)34)30(47)41-23(16-19-12-13-19)27(45)29(40)46)31(48)28(35(14-15-35)36(37,38)39)43-33(50)42-25(21-10-6-7-11-21)32(49)51-18-20-8-4-3-5-9-20/h3-5,8-9,19,21-26,28H,6-7,10-18H2,1-2H3,(H2,40,46)(H,41,47)(H2,42,43,50)/t22-,23?,24-,25-,26-,28+/m0/s1. The lowest BCUT2D eigenvalue weighted by atomic mass is 9.92. The number of carbonyl (C=O) groups excluding carboxylic acids is 6. The molecule has 5 N–H and O–H groups in total. The topological polar surface area (TPSA) is 177 Å². The van der Waals surface area contributed by atoms with Gasteiger partial charge in [-0.05, 0) is 66.8 Å². The van der Waals surface area contributed by atoms with E-state index in [1.165, 1.54) is 0 Å². The van der Waals surface area contributed by atoms with Gasteiger partial charge in [0.1, 0.15) is 24.7 Å². The normalized spacial score (nSPS) is 26.2. The van der Waals surface area contributed by atoms with Gasteiger partial charge in [0.05, 0.1) is 11.5 Å². The van der Waals surface area contributed by atoms with Crippen LogP contribution in [0.2, 0.25) is 0 Å². The number of alkyl halides is 3. The van der Waals surface area contributed by atoms with E-state index in [0.717, 1.165) is 36.1 Å². The van der Waals surface area contributed by atoms with Crippen molar-refractivity contribution in [1.29, 1.82) is 0 Å². The van der Waals surface area contributed by atoms with E-state index in [0.29, 0.717) is 12.8 Å². The molecule has 0 radical (unpaired) electrons. The SMILES string of the molecule is CC1(C)[C@@H]2[C@@H](C(=O)NC(CC3CC3)C(=O)C(N)=O)N(C(=O)[C@@H](NC(=O)N[C@H](C(=O)OCc3ccccc3)C3CCCC3)C3(C(F)(F)F)CC3)C[C@@H]21. The molecule has 1 unspecified atom stereocenters. The van der Waals surface area contributed by atoms with E-state index in [-0.39, 0.29) is 37.3 Å². The highest BCUT2D eigenvalue weighted by molar-refractivity contribution is 6.37. The number of nitrogens with zero attached hydrogens (tertiary/aromatic N) is 1. The highest BCUT2D eigenvalue weighted by Gasteiger charge is 2.73. The van der Waals surface area contributed by atoms with Crippen LogP contribution in [0.25, 0.3) is 0 Å². The fraction of sp³-hybridized carbons (Fsp3) is 0.667. The summed E-state index contributed by atoms with van der Waals surface area (Å²) in [5.74, 6) is -5.61. The second kappa shape index (κ2) is 13.8. The quantitative estimate of drug-likeness (QED) is 0.169. The largest absolute Gasteiger partial charge is 0.459 e. The van der Waals surface area contributed by atoms with Crippen LogP contribution in [0.1, 0.15) is 77.2 Å². The van der Waals surface area contributed by atoms with Crippen LogP contribution in [0.3, 0.4) is 0 Å². The maximum atomic E-state index is 14.7. The predicted molar refractivity (Wildman–Crippen MR) is 175 cm³/mol. The van der Waals surface area contributed by atoms with Gasteiger partial charge in [-0.3, -0.25) is 19.2 Å². The molecule has 5 aliphatic rings. The highest BCUT2D eigenvalue weighted by atomic mass is 19.4. The molecule has 1 aromatic carbocycles. The van der Waals surface area contributed by atoms with Crippen molar-refractivity contribution in [1.82, 2.24) is 20.9 Å². The first kappa shape index (κ1) is 36.6. The van der Waals surface area contributed by atoms with Crippen molar-refractivity contribution < 1.29 is 46.7 Å². The minimum atomic E-state index is -4.87. The number of hydrogen-bond acceptors (Lipinski definition) is 7. The molecule has 6 rings (SSSR count).